The second kappa shape index (κ2) is 6.42. The lowest BCUT2D eigenvalue weighted by molar-refractivity contribution is 0.499. The van der Waals surface area contributed by atoms with Gasteiger partial charge in [-0.3, -0.25) is 4.68 Å². The molecule has 0 aliphatic rings. The Balaban J connectivity index is 2.35. The summed E-state index contributed by atoms with van der Waals surface area (Å²) in [5, 5.41) is 4.87. The van der Waals surface area contributed by atoms with Crippen LogP contribution in [0.1, 0.15) is 29.9 Å². The Bertz CT molecular complexity index is 673. The highest BCUT2D eigenvalue weighted by atomic mass is 79.9. The normalized spacial score (nSPS) is 12.7. The molecule has 0 amide bonds. The fraction of sp³-hybridized carbons (Fsp3) is 0.357. The van der Waals surface area contributed by atoms with Crippen molar-refractivity contribution >= 4 is 27.5 Å². The first-order valence-electron chi connectivity index (χ1n) is 6.47. The van der Waals surface area contributed by atoms with Crippen LogP contribution in [0.3, 0.4) is 0 Å². The van der Waals surface area contributed by atoms with Crippen molar-refractivity contribution in [2.24, 2.45) is 5.73 Å². The molecule has 0 saturated heterocycles. The maximum absolute atomic E-state index is 13.6. The highest BCUT2D eigenvalue weighted by Crippen LogP contribution is 2.30. The average molecular weight is 379 g/mol. The fourth-order valence-electron chi connectivity index (χ4n) is 2.21. The van der Waals surface area contributed by atoms with E-state index in [1.54, 1.807) is 4.68 Å². The van der Waals surface area contributed by atoms with Crippen LogP contribution in [0.2, 0.25) is 5.02 Å². The van der Waals surface area contributed by atoms with Gasteiger partial charge in [-0.15, -0.1) is 0 Å². The summed E-state index contributed by atoms with van der Waals surface area (Å²) in [6.45, 7) is 4.43. The lowest BCUT2D eigenvalue weighted by Crippen LogP contribution is -2.17. The Hall–Kier alpha value is -0.980. The molecule has 0 aliphatic heterocycles. The predicted molar refractivity (Wildman–Crippen MR) is 82.3 cm³/mol. The standard InChI is InChI=1S/C14H15BrClF2N3/c1-3-21-11(13(16)7(2)20-21)6-10(19)8-4-5-9(17)14(18)12(8)15/h4-5,10H,3,6,19H2,1-2H3. The third kappa shape index (κ3) is 3.12. The van der Waals surface area contributed by atoms with E-state index in [0.717, 1.165) is 17.5 Å². The van der Waals surface area contributed by atoms with Gasteiger partial charge in [0.05, 0.1) is 20.9 Å². The van der Waals surface area contributed by atoms with Gasteiger partial charge in [-0.05, 0) is 41.4 Å². The van der Waals surface area contributed by atoms with Crippen LogP contribution in [-0.2, 0) is 13.0 Å². The van der Waals surface area contributed by atoms with E-state index < -0.39 is 17.7 Å². The van der Waals surface area contributed by atoms with E-state index in [2.05, 4.69) is 21.0 Å². The van der Waals surface area contributed by atoms with Crippen molar-refractivity contribution in [3.05, 3.63) is 50.2 Å². The summed E-state index contributed by atoms with van der Waals surface area (Å²) in [6.07, 6.45) is 0.386. The van der Waals surface area contributed by atoms with Gasteiger partial charge < -0.3 is 5.73 Å². The molecule has 2 rings (SSSR count). The van der Waals surface area contributed by atoms with Crippen molar-refractivity contribution in [3.63, 3.8) is 0 Å². The van der Waals surface area contributed by atoms with Crippen molar-refractivity contribution in [1.82, 2.24) is 9.78 Å². The number of halogens is 4. The van der Waals surface area contributed by atoms with Gasteiger partial charge in [-0.1, -0.05) is 17.7 Å². The average Bonchev–Trinajstić information content (AvgIpc) is 2.72. The van der Waals surface area contributed by atoms with Gasteiger partial charge in [0.1, 0.15) is 0 Å². The minimum Gasteiger partial charge on any atom is -0.324 e. The number of hydrogen-bond acceptors (Lipinski definition) is 2. The third-order valence-electron chi connectivity index (χ3n) is 3.33. The lowest BCUT2D eigenvalue weighted by Gasteiger charge is -2.15. The van der Waals surface area contributed by atoms with E-state index in [1.165, 1.54) is 6.07 Å². The highest BCUT2D eigenvalue weighted by molar-refractivity contribution is 9.10. The molecule has 1 unspecified atom stereocenters. The Kier molecular flexibility index (Phi) is 5.01. The molecule has 7 heteroatoms. The van der Waals surface area contributed by atoms with Crippen LogP contribution in [0.4, 0.5) is 8.78 Å². The highest BCUT2D eigenvalue weighted by Gasteiger charge is 2.20. The molecule has 2 aromatic rings. The van der Waals surface area contributed by atoms with Crippen LogP contribution < -0.4 is 5.73 Å². The minimum atomic E-state index is -0.936. The lowest BCUT2D eigenvalue weighted by atomic mass is 10.0. The van der Waals surface area contributed by atoms with E-state index in [1.807, 2.05) is 13.8 Å². The van der Waals surface area contributed by atoms with Gasteiger partial charge in [0, 0.05) is 19.0 Å². The topological polar surface area (TPSA) is 43.8 Å². The molecule has 1 atom stereocenters. The van der Waals surface area contributed by atoms with E-state index in [-0.39, 0.29) is 4.47 Å². The van der Waals surface area contributed by atoms with E-state index in [4.69, 9.17) is 17.3 Å². The van der Waals surface area contributed by atoms with E-state index in [9.17, 15) is 8.78 Å². The largest absolute Gasteiger partial charge is 0.324 e. The van der Waals surface area contributed by atoms with Crippen LogP contribution in [0, 0.1) is 18.6 Å². The molecule has 2 N–H and O–H groups in total. The number of nitrogens with zero attached hydrogens (tertiary/aromatic N) is 2. The molecule has 0 fully saturated rings. The zero-order valence-corrected chi connectivity index (χ0v) is 14.0. The summed E-state index contributed by atoms with van der Waals surface area (Å²) in [4.78, 5) is 0. The number of hydrogen-bond donors (Lipinski definition) is 1. The zero-order valence-electron chi connectivity index (χ0n) is 11.6. The second-order valence-electron chi connectivity index (χ2n) is 4.74. The van der Waals surface area contributed by atoms with Crippen LogP contribution >= 0.6 is 27.5 Å². The number of aromatic nitrogens is 2. The van der Waals surface area contributed by atoms with Gasteiger partial charge in [0.25, 0.3) is 0 Å². The first-order chi connectivity index (χ1) is 9.86. The summed E-state index contributed by atoms with van der Waals surface area (Å²) >= 11 is 9.29. The fourth-order valence-corrected chi connectivity index (χ4v) is 3.04. The smallest absolute Gasteiger partial charge is 0.173 e. The van der Waals surface area contributed by atoms with Gasteiger partial charge in [0.15, 0.2) is 11.6 Å². The first-order valence-corrected chi connectivity index (χ1v) is 7.64. The summed E-state index contributed by atoms with van der Waals surface area (Å²) < 4.78 is 28.6. The molecular weight excluding hydrogens is 364 g/mol. The van der Waals surface area contributed by atoms with Crippen LogP contribution in [0.15, 0.2) is 16.6 Å². The Morgan fingerprint density at radius 3 is 2.71 bits per heavy atom. The molecular formula is C14H15BrClF2N3. The molecule has 114 valence electrons. The Morgan fingerprint density at radius 1 is 1.43 bits per heavy atom. The monoisotopic (exact) mass is 377 g/mol. The SMILES string of the molecule is CCn1nc(C)c(Cl)c1CC(N)c1ccc(F)c(F)c1Br. The van der Waals surface area contributed by atoms with Gasteiger partial charge in [-0.2, -0.15) is 5.10 Å². The maximum atomic E-state index is 13.6. The molecule has 3 nitrogen and oxygen atoms in total. The molecule has 0 spiro atoms. The summed E-state index contributed by atoms with van der Waals surface area (Å²) in [7, 11) is 0. The molecule has 0 aliphatic carbocycles. The maximum Gasteiger partial charge on any atom is 0.173 e. The van der Waals surface area contributed by atoms with Crippen molar-refractivity contribution in [3.8, 4) is 0 Å². The molecule has 1 aromatic carbocycles. The van der Waals surface area contributed by atoms with Crippen molar-refractivity contribution in [2.75, 3.05) is 0 Å². The van der Waals surface area contributed by atoms with Gasteiger partial charge in [0.2, 0.25) is 0 Å². The Labute approximate surface area is 135 Å². The Morgan fingerprint density at radius 2 is 2.10 bits per heavy atom. The van der Waals surface area contributed by atoms with Crippen LogP contribution in [0.25, 0.3) is 0 Å². The van der Waals surface area contributed by atoms with Crippen LogP contribution in [-0.4, -0.2) is 9.78 Å². The van der Waals surface area contributed by atoms with Gasteiger partial charge in [-0.25, -0.2) is 8.78 Å². The number of benzene rings is 1. The van der Waals surface area contributed by atoms with Gasteiger partial charge >= 0.3 is 0 Å². The molecule has 21 heavy (non-hydrogen) atoms. The van der Waals surface area contributed by atoms with Crippen molar-refractivity contribution in [1.29, 1.82) is 0 Å². The van der Waals surface area contributed by atoms with Crippen molar-refractivity contribution < 1.29 is 8.78 Å². The number of rotatable bonds is 4. The molecule has 0 saturated carbocycles. The summed E-state index contributed by atoms with van der Waals surface area (Å²) in [5.41, 5.74) is 8.14. The second-order valence-corrected chi connectivity index (χ2v) is 5.91. The quantitative estimate of drug-likeness (QED) is 0.812. The van der Waals surface area contributed by atoms with Crippen molar-refractivity contribution in [2.45, 2.75) is 32.9 Å². The van der Waals surface area contributed by atoms with E-state index >= 15 is 0 Å². The minimum absolute atomic E-state index is 0.0467. The molecule has 1 heterocycles. The molecule has 1 aromatic heterocycles. The molecule has 0 bridgehead atoms. The first kappa shape index (κ1) is 16.4. The summed E-state index contributed by atoms with van der Waals surface area (Å²) in [6, 6.07) is 2.02. The predicted octanol–water partition coefficient (Wildman–Crippen LogP) is 4.15. The third-order valence-corrected chi connectivity index (χ3v) is 4.63. The summed E-state index contributed by atoms with van der Waals surface area (Å²) in [5.74, 6) is -1.85. The number of nitrogens with two attached hydrogens (primary N) is 1. The van der Waals surface area contributed by atoms with E-state index in [0.29, 0.717) is 23.6 Å². The zero-order chi connectivity index (χ0) is 15.7. The molecule has 0 radical (unpaired) electrons. The number of aryl methyl sites for hydroxylation is 2. The van der Waals surface area contributed by atoms with Crippen LogP contribution in [0.5, 0.6) is 0 Å².